The number of carbonyl (C=O) groups excluding carboxylic acids is 2. The average molecular weight is 495 g/mol. The van der Waals surface area contributed by atoms with Gasteiger partial charge in [0.1, 0.15) is 5.76 Å². The topological polar surface area (TPSA) is 109 Å². The van der Waals surface area contributed by atoms with Crippen LogP contribution >= 0.6 is 0 Å². The summed E-state index contributed by atoms with van der Waals surface area (Å²) in [6, 6.07) is 12.4. The fraction of sp³-hybridized carbons (Fsp3) is 0.182. The third-order valence-electron chi connectivity index (χ3n) is 4.52. The van der Waals surface area contributed by atoms with Crippen LogP contribution in [0.25, 0.3) is 0 Å². The van der Waals surface area contributed by atoms with Crippen molar-refractivity contribution in [2.45, 2.75) is 24.5 Å². The highest BCUT2D eigenvalue weighted by molar-refractivity contribution is 7.89. The molecule has 0 atom stereocenters. The van der Waals surface area contributed by atoms with Crippen molar-refractivity contribution in [1.29, 1.82) is 0 Å². The minimum Gasteiger partial charge on any atom is -0.468 e. The molecule has 1 aromatic heterocycles. The van der Waals surface area contributed by atoms with E-state index in [-0.39, 0.29) is 28.8 Å². The molecule has 0 aliphatic heterocycles. The summed E-state index contributed by atoms with van der Waals surface area (Å²) >= 11 is 0. The second-order valence-corrected chi connectivity index (χ2v) is 9.12. The van der Waals surface area contributed by atoms with E-state index in [4.69, 9.17) is 4.42 Å². The van der Waals surface area contributed by atoms with Crippen LogP contribution in [0.1, 0.15) is 18.2 Å². The van der Waals surface area contributed by atoms with Gasteiger partial charge < -0.3 is 15.1 Å². The van der Waals surface area contributed by atoms with Crippen LogP contribution in [-0.4, -0.2) is 31.1 Å². The summed E-state index contributed by atoms with van der Waals surface area (Å²) in [7, 11) is -4.22. The Morgan fingerprint density at radius 2 is 1.68 bits per heavy atom. The van der Waals surface area contributed by atoms with Gasteiger partial charge >= 0.3 is 6.18 Å². The summed E-state index contributed by atoms with van der Waals surface area (Å²) in [5.74, 6) is -0.920. The van der Waals surface area contributed by atoms with Gasteiger partial charge in [0.05, 0.1) is 29.8 Å². The van der Waals surface area contributed by atoms with Gasteiger partial charge in [-0.15, -0.1) is 0 Å². The van der Waals surface area contributed by atoms with Crippen LogP contribution in [0, 0.1) is 0 Å². The van der Waals surface area contributed by atoms with Gasteiger partial charge in [-0.25, -0.2) is 8.42 Å². The Kier molecular flexibility index (Phi) is 7.42. The lowest BCUT2D eigenvalue weighted by Gasteiger charge is -2.21. The van der Waals surface area contributed by atoms with Crippen LogP contribution in [0.5, 0.6) is 0 Å². The highest BCUT2D eigenvalue weighted by atomic mass is 32.2. The molecule has 8 nitrogen and oxygen atoms in total. The number of halogens is 3. The highest BCUT2D eigenvalue weighted by Gasteiger charge is 2.31. The summed E-state index contributed by atoms with van der Waals surface area (Å²) in [5.41, 5.74) is -0.703. The Bertz CT molecular complexity index is 1260. The van der Waals surface area contributed by atoms with Crippen molar-refractivity contribution >= 4 is 33.2 Å². The Labute approximate surface area is 193 Å². The number of benzene rings is 2. The number of sulfonamides is 1. The lowest BCUT2D eigenvalue weighted by Crippen LogP contribution is -2.37. The maximum atomic E-state index is 13.2. The van der Waals surface area contributed by atoms with Crippen LogP contribution in [0.4, 0.5) is 24.5 Å². The molecule has 3 aromatic rings. The number of nitrogens with one attached hydrogen (secondary N) is 2. The fourth-order valence-electron chi connectivity index (χ4n) is 3.00. The fourth-order valence-corrected chi connectivity index (χ4v) is 4.36. The summed E-state index contributed by atoms with van der Waals surface area (Å²) < 4.78 is 71.3. The molecule has 0 saturated heterocycles. The van der Waals surface area contributed by atoms with Gasteiger partial charge in [-0.1, -0.05) is 6.07 Å². The molecule has 12 heteroatoms. The molecule has 1 heterocycles. The van der Waals surface area contributed by atoms with Crippen LogP contribution in [0.15, 0.2) is 76.2 Å². The predicted molar refractivity (Wildman–Crippen MR) is 117 cm³/mol. The number of furan rings is 1. The van der Waals surface area contributed by atoms with E-state index in [1.54, 1.807) is 6.07 Å². The summed E-state index contributed by atoms with van der Waals surface area (Å²) in [5, 5.41) is 4.81. The van der Waals surface area contributed by atoms with Crippen molar-refractivity contribution in [3.8, 4) is 0 Å². The quantitative estimate of drug-likeness (QED) is 0.490. The summed E-state index contributed by atoms with van der Waals surface area (Å²) in [6.45, 7) is 0.324. The van der Waals surface area contributed by atoms with Gasteiger partial charge in [-0.05, 0) is 54.6 Å². The molecule has 34 heavy (non-hydrogen) atoms. The lowest BCUT2D eigenvalue weighted by atomic mass is 10.2. The number of carbonyl (C=O) groups is 2. The smallest absolute Gasteiger partial charge is 0.416 e. The van der Waals surface area contributed by atoms with E-state index in [2.05, 4.69) is 10.6 Å². The van der Waals surface area contributed by atoms with Gasteiger partial charge in [-0.2, -0.15) is 17.5 Å². The first-order valence-electron chi connectivity index (χ1n) is 9.82. The molecular formula is C22H20F3N3O5S. The first-order chi connectivity index (χ1) is 15.9. The molecule has 0 fully saturated rings. The van der Waals surface area contributed by atoms with E-state index in [0.717, 1.165) is 22.5 Å². The number of alkyl halides is 3. The third-order valence-corrected chi connectivity index (χ3v) is 6.32. The van der Waals surface area contributed by atoms with Crippen molar-refractivity contribution < 1.29 is 35.6 Å². The second kappa shape index (κ2) is 10.1. The molecule has 2 amide bonds. The maximum Gasteiger partial charge on any atom is 0.416 e. The molecule has 0 radical (unpaired) electrons. The van der Waals surface area contributed by atoms with Crippen molar-refractivity contribution in [2.75, 3.05) is 17.2 Å². The SMILES string of the molecule is CC(=O)Nc1ccc(S(=O)(=O)N(CC(=O)Nc2cccc(C(F)(F)F)c2)Cc2ccco2)cc1. The molecule has 2 aromatic carbocycles. The second-order valence-electron chi connectivity index (χ2n) is 7.18. The predicted octanol–water partition coefficient (Wildman–Crippen LogP) is 4.09. The maximum absolute atomic E-state index is 13.2. The number of hydrogen-bond acceptors (Lipinski definition) is 5. The van der Waals surface area contributed by atoms with Crippen LogP contribution in [-0.2, 0) is 32.3 Å². The van der Waals surface area contributed by atoms with E-state index in [1.807, 2.05) is 0 Å². The monoisotopic (exact) mass is 495 g/mol. The Hall–Kier alpha value is -3.64. The van der Waals surface area contributed by atoms with Crippen LogP contribution < -0.4 is 10.6 Å². The zero-order valence-corrected chi connectivity index (χ0v) is 18.6. The highest BCUT2D eigenvalue weighted by Crippen LogP contribution is 2.30. The number of hydrogen-bond donors (Lipinski definition) is 2. The average Bonchev–Trinajstić information content (AvgIpc) is 3.26. The molecule has 2 N–H and O–H groups in total. The van der Waals surface area contributed by atoms with E-state index in [0.29, 0.717) is 5.69 Å². The van der Waals surface area contributed by atoms with E-state index in [9.17, 15) is 31.2 Å². The molecule has 0 unspecified atom stereocenters. The third kappa shape index (κ3) is 6.45. The number of amides is 2. The zero-order valence-electron chi connectivity index (χ0n) is 17.8. The molecule has 3 rings (SSSR count). The van der Waals surface area contributed by atoms with Gasteiger partial charge in [0.25, 0.3) is 0 Å². The minimum absolute atomic E-state index is 0.130. The first kappa shape index (κ1) is 25.0. The standard InChI is InChI=1S/C22H20F3N3O5S/c1-15(29)26-17-7-9-20(10-8-17)34(31,32)28(13-19-6-3-11-33-19)14-21(30)27-18-5-2-4-16(12-18)22(23,24)25/h2-12H,13-14H2,1H3,(H,26,29)(H,27,30). The van der Waals surface area contributed by atoms with Crippen LogP contribution in [0.3, 0.4) is 0 Å². The zero-order chi connectivity index (χ0) is 24.9. The van der Waals surface area contributed by atoms with Crippen molar-refractivity contribution in [1.82, 2.24) is 4.31 Å². The van der Waals surface area contributed by atoms with Gasteiger partial charge in [-0.3, -0.25) is 9.59 Å². The minimum atomic E-state index is -4.60. The number of nitrogens with zero attached hydrogens (tertiary/aromatic N) is 1. The molecule has 180 valence electrons. The Morgan fingerprint density at radius 1 is 0.971 bits per heavy atom. The Balaban J connectivity index is 1.83. The van der Waals surface area contributed by atoms with E-state index in [1.165, 1.54) is 49.6 Å². The Morgan fingerprint density at radius 3 is 2.26 bits per heavy atom. The molecular weight excluding hydrogens is 475 g/mol. The normalized spacial score (nSPS) is 11.9. The van der Waals surface area contributed by atoms with Crippen molar-refractivity contribution in [3.05, 3.63) is 78.3 Å². The molecule has 0 bridgehead atoms. The van der Waals surface area contributed by atoms with Crippen molar-refractivity contribution in [2.24, 2.45) is 0 Å². The van der Waals surface area contributed by atoms with Crippen molar-refractivity contribution in [3.63, 3.8) is 0 Å². The van der Waals surface area contributed by atoms with E-state index >= 15 is 0 Å². The first-order valence-corrected chi connectivity index (χ1v) is 11.3. The van der Waals surface area contributed by atoms with Crippen LogP contribution in [0.2, 0.25) is 0 Å². The van der Waals surface area contributed by atoms with Gasteiger partial charge in [0.15, 0.2) is 0 Å². The lowest BCUT2D eigenvalue weighted by molar-refractivity contribution is -0.137. The molecule has 0 aliphatic carbocycles. The van der Waals surface area contributed by atoms with Gasteiger partial charge in [0.2, 0.25) is 21.8 Å². The molecule has 0 aliphatic rings. The molecule has 0 spiro atoms. The number of anilines is 2. The van der Waals surface area contributed by atoms with Gasteiger partial charge in [0, 0.05) is 18.3 Å². The van der Waals surface area contributed by atoms with E-state index < -0.39 is 34.2 Å². The molecule has 0 saturated carbocycles. The summed E-state index contributed by atoms with van der Waals surface area (Å²) in [4.78, 5) is 23.6. The largest absolute Gasteiger partial charge is 0.468 e. The summed E-state index contributed by atoms with van der Waals surface area (Å²) in [6.07, 6.45) is -3.26. The number of rotatable bonds is 8.